The van der Waals surface area contributed by atoms with Crippen molar-refractivity contribution in [2.75, 3.05) is 0 Å². The lowest BCUT2D eigenvalue weighted by molar-refractivity contribution is 0.0693. The van der Waals surface area contributed by atoms with Crippen molar-refractivity contribution in [1.29, 1.82) is 0 Å². The third kappa shape index (κ3) is 3.94. The maximum atomic E-state index is 11.9. The van der Waals surface area contributed by atoms with Crippen molar-refractivity contribution in [3.05, 3.63) is 46.2 Å². The number of aromatic nitrogens is 2. The van der Waals surface area contributed by atoms with Crippen molar-refractivity contribution in [1.82, 2.24) is 9.78 Å². The Morgan fingerprint density at radius 3 is 2.48 bits per heavy atom. The lowest BCUT2D eigenvalue weighted by Gasteiger charge is -2.16. The van der Waals surface area contributed by atoms with Gasteiger partial charge in [-0.1, -0.05) is 52.3 Å². The molecule has 124 valence electrons. The van der Waals surface area contributed by atoms with Gasteiger partial charge in [-0.15, -0.1) is 0 Å². The van der Waals surface area contributed by atoms with Gasteiger partial charge in [0.2, 0.25) is 0 Å². The number of carbonyl (C=O) groups is 1. The smallest absolute Gasteiger partial charge is 0.339 e. The molecule has 0 aliphatic heterocycles. The minimum absolute atomic E-state index is 0.0290. The van der Waals surface area contributed by atoms with E-state index in [1.165, 1.54) is 0 Å². The average Bonchev–Trinajstić information content (AvgIpc) is 2.76. The first-order valence-corrected chi connectivity index (χ1v) is 8.09. The van der Waals surface area contributed by atoms with Crippen LogP contribution in [-0.2, 0) is 6.42 Å². The Hall–Kier alpha value is -1.81. The molecule has 0 spiro atoms. The highest BCUT2D eigenvalue weighted by Crippen LogP contribution is 2.30. The molecule has 0 saturated carbocycles. The summed E-state index contributed by atoms with van der Waals surface area (Å²) in [6.45, 7) is 10.2. The standard InChI is InChI=1S/C18H23ClN2O2/c1-11(2)16-15(17(22)23)14(10-18(3,4)5)20-21(16)13-8-6-7-12(19)9-13/h6-9,11H,10H2,1-5H3,(H,22,23). The molecule has 0 saturated heterocycles. The van der Waals surface area contributed by atoms with E-state index in [1.807, 2.05) is 26.0 Å². The second-order valence-corrected chi connectivity index (χ2v) is 7.73. The van der Waals surface area contributed by atoms with Gasteiger partial charge in [-0.2, -0.15) is 5.10 Å². The van der Waals surface area contributed by atoms with E-state index >= 15 is 0 Å². The first-order chi connectivity index (χ1) is 10.6. The summed E-state index contributed by atoms with van der Waals surface area (Å²) >= 11 is 6.08. The van der Waals surface area contributed by atoms with Crippen LogP contribution < -0.4 is 0 Å². The Kier molecular flexibility index (Phi) is 4.85. The van der Waals surface area contributed by atoms with Crippen LogP contribution >= 0.6 is 11.6 Å². The molecule has 0 radical (unpaired) electrons. The van der Waals surface area contributed by atoms with E-state index in [4.69, 9.17) is 11.6 Å². The summed E-state index contributed by atoms with van der Waals surface area (Å²) in [6.07, 6.45) is 0.599. The first-order valence-electron chi connectivity index (χ1n) is 7.71. The molecule has 0 fully saturated rings. The predicted octanol–water partition coefficient (Wildman–Crippen LogP) is 4.94. The molecule has 1 heterocycles. The van der Waals surface area contributed by atoms with Gasteiger partial charge >= 0.3 is 5.97 Å². The number of nitrogens with zero attached hydrogens (tertiary/aromatic N) is 2. The number of carboxylic acid groups (broad SMARTS) is 1. The fraction of sp³-hybridized carbons (Fsp3) is 0.444. The van der Waals surface area contributed by atoms with Crippen molar-refractivity contribution in [3.63, 3.8) is 0 Å². The summed E-state index contributed by atoms with van der Waals surface area (Å²) in [7, 11) is 0. The second-order valence-electron chi connectivity index (χ2n) is 7.30. The minimum Gasteiger partial charge on any atom is -0.478 e. The average molecular weight is 335 g/mol. The second kappa shape index (κ2) is 6.36. The van der Waals surface area contributed by atoms with E-state index in [0.717, 1.165) is 5.69 Å². The molecule has 0 aliphatic carbocycles. The lowest BCUT2D eigenvalue weighted by atomic mass is 9.88. The van der Waals surface area contributed by atoms with E-state index in [0.29, 0.717) is 28.4 Å². The van der Waals surface area contributed by atoms with E-state index in [-0.39, 0.29) is 11.3 Å². The molecule has 23 heavy (non-hydrogen) atoms. The highest BCUT2D eigenvalue weighted by Gasteiger charge is 2.28. The molecule has 0 bridgehead atoms. The number of hydrogen-bond donors (Lipinski definition) is 1. The number of carboxylic acids is 1. The zero-order valence-corrected chi connectivity index (χ0v) is 15.0. The Bertz CT molecular complexity index is 727. The van der Waals surface area contributed by atoms with E-state index in [2.05, 4.69) is 25.9 Å². The Labute approximate surface area is 142 Å². The quantitative estimate of drug-likeness (QED) is 0.861. The first kappa shape index (κ1) is 17.5. The van der Waals surface area contributed by atoms with Gasteiger partial charge < -0.3 is 5.11 Å². The fourth-order valence-electron chi connectivity index (χ4n) is 2.68. The van der Waals surface area contributed by atoms with Gasteiger partial charge in [0, 0.05) is 5.02 Å². The van der Waals surface area contributed by atoms with Crippen molar-refractivity contribution in [2.24, 2.45) is 5.41 Å². The van der Waals surface area contributed by atoms with Crippen molar-refractivity contribution in [3.8, 4) is 5.69 Å². The summed E-state index contributed by atoms with van der Waals surface area (Å²) in [4.78, 5) is 11.9. The third-order valence-corrected chi connectivity index (χ3v) is 3.74. The summed E-state index contributed by atoms with van der Waals surface area (Å²) in [6, 6.07) is 7.31. The molecule has 0 unspecified atom stereocenters. The highest BCUT2D eigenvalue weighted by atomic mass is 35.5. The minimum atomic E-state index is -0.929. The monoisotopic (exact) mass is 334 g/mol. The summed E-state index contributed by atoms with van der Waals surface area (Å²) < 4.78 is 1.72. The van der Waals surface area contributed by atoms with E-state index in [9.17, 15) is 9.90 Å². The van der Waals surface area contributed by atoms with Gasteiger partial charge in [0.25, 0.3) is 0 Å². The number of rotatable bonds is 4. The fourth-order valence-corrected chi connectivity index (χ4v) is 2.86. The molecule has 1 aromatic carbocycles. The van der Waals surface area contributed by atoms with E-state index in [1.54, 1.807) is 16.8 Å². The zero-order chi connectivity index (χ0) is 17.4. The Balaban J connectivity index is 2.71. The van der Waals surface area contributed by atoms with Crippen LogP contribution in [0.3, 0.4) is 0 Å². The highest BCUT2D eigenvalue weighted by molar-refractivity contribution is 6.30. The maximum Gasteiger partial charge on any atom is 0.339 e. The van der Waals surface area contributed by atoms with Gasteiger partial charge in [0.15, 0.2) is 0 Å². The molecule has 0 amide bonds. The molecular weight excluding hydrogens is 312 g/mol. The van der Waals surface area contributed by atoms with Crippen LogP contribution in [0.1, 0.15) is 62.3 Å². The summed E-state index contributed by atoms with van der Waals surface area (Å²) in [5.74, 6) is -0.900. The summed E-state index contributed by atoms with van der Waals surface area (Å²) in [5.41, 5.74) is 2.37. The SMILES string of the molecule is CC(C)c1c(C(=O)O)c(CC(C)(C)C)nn1-c1cccc(Cl)c1. The van der Waals surface area contributed by atoms with Crippen LogP contribution in [-0.4, -0.2) is 20.9 Å². The molecule has 1 aromatic heterocycles. The van der Waals surface area contributed by atoms with Crippen LogP contribution in [0.15, 0.2) is 24.3 Å². The molecule has 2 rings (SSSR count). The molecule has 2 aromatic rings. The van der Waals surface area contributed by atoms with Crippen LogP contribution in [0.4, 0.5) is 0 Å². The topological polar surface area (TPSA) is 55.1 Å². The van der Waals surface area contributed by atoms with Crippen LogP contribution in [0.5, 0.6) is 0 Å². The van der Waals surface area contributed by atoms with Crippen molar-refractivity contribution in [2.45, 2.75) is 47.0 Å². The molecular formula is C18H23ClN2O2. The van der Waals surface area contributed by atoms with Gasteiger partial charge in [0.1, 0.15) is 5.56 Å². The van der Waals surface area contributed by atoms with Crippen molar-refractivity contribution < 1.29 is 9.90 Å². The molecule has 1 N–H and O–H groups in total. The summed E-state index contributed by atoms with van der Waals surface area (Å²) in [5, 5.41) is 15.0. The number of benzene rings is 1. The Morgan fingerprint density at radius 2 is 2.00 bits per heavy atom. The van der Waals surface area contributed by atoms with Gasteiger partial charge in [-0.05, 0) is 36.0 Å². The van der Waals surface area contributed by atoms with Gasteiger partial charge in [-0.25, -0.2) is 9.48 Å². The molecule has 0 aliphatic rings. The molecule has 4 nitrogen and oxygen atoms in total. The van der Waals surface area contributed by atoms with Crippen LogP contribution in [0, 0.1) is 5.41 Å². The largest absolute Gasteiger partial charge is 0.478 e. The number of halogens is 1. The zero-order valence-electron chi connectivity index (χ0n) is 14.2. The normalized spacial score (nSPS) is 12.0. The van der Waals surface area contributed by atoms with Gasteiger partial charge in [-0.3, -0.25) is 0 Å². The number of aromatic carboxylic acids is 1. The third-order valence-electron chi connectivity index (χ3n) is 3.50. The molecule has 5 heteroatoms. The predicted molar refractivity (Wildman–Crippen MR) is 92.8 cm³/mol. The lowest BCUT2D eigenvalue weighted by Crippen LogP contribution is -2.13. The number of hydrogen-bond acceptors (Lipinski definition) is 2. The molecule has 0 atom stereocenters. The van der Waals surface area contributed by atoms with Gasteiger partial charge in [0.05, 0.1) is 17.1 Å². The van der Waals surface area contributed by atoms with E-state index < -0.39 is 5.97 Å². The van der Waals surface area contributed by atoms with Crippen LogP contribution in [0.2, 0.25) is 5.02 Å². The van der Waals surface area contributed by atoms with Crippen LogP contribution in [0.25, 0.3) is 5.69 Å². The maximum absolute atomic E-state index is 11.9. The Morgan fingerprint density at radius 1 is 1.35 bits per heavy atom. The van der Waals surface area contributed by atoms with Crippen molar-refractivity contribution >= 4 is 17.6 Å².